The van der Waals surface area contributed by atoms with Crippen LogP contribution in [0.1, 0.15) is 38.8 Å². The summed E-state index contributed by atoms with van der Waals surface area (Å²) in [5, 5.41) is 3.08. The molecule has 1 aromatic rings. The summed E-state index contributed by atoms with van der Waals surface area (Å²) >= 11 is 0. The average Bonchev–Trinajstić information content (AvgIpc) is 2.39. The van der Waals surface area contributed by atoms with Gasteiger partial charge in [0.25, 0.3) is 0 Å². The molecule has 0 saturated heterocycles. The summed E-state index contributed by atoms with van der Waals surface area (Å²) in [4.78, 5) is 0.0611. The second-order valence-corrected chi connectivity index (χ2v) is 7.14. The molecular formula is C15H25FN2O2S. The van der Waals surface area contributed by atoms with Crippen molar-refractivity contribution in [3.8, 4) is 0 Å². The summed E-state index contributed by atoms with van der Waals surface area (Å²) in [6.45, 7) is 10.4. The molecule has 1 aromatic carbocycles. The monoisotopic (exact) mass is 316 g/mol. The van der Waals surface area contributed by atoms with Gasteiger partial charge in [0.15, 0.2) is 0 Å². The summed E-state index contributed by atoms with van der Waals surface area (Å²) in [6.07, 6.45) is 0. The first-order valence-electron chi connectivity index (χ1n) is 7.27. The molecule has 120 valence electrons. The van der Waals surface area contributed by atoms with Crippen LogP contribution in [0.5, 0.6) is 0 Å². The Bertz CT molecular complexity index is 586. The zero-order valence-electron chi connectivity index (χ0n) is 13.4. The van der Waals surface area contributed by atoms with Crippen LogP contribution in [0.3, 0.4) is 0 Å². The van der Waals surface area contributed by atoms with Gasteiger partial charge in [0, 0.05) is 24.7 Å². The maximum atomic E-state index is 14.1. The highest BCUT2D eigenvalue weighted by molar-refractivity contribution is 7.89. The van der Waals surface area contributed by atoms with Gasteiger partial charge in [-0.1, -0.05) is 13.8 Å². The molecule has 0 saturated carbocycles. The summed E-state index contributed by atoms with van der Waals surface area (Å²) in [6, 6.07) is 2.80. The largest absolute Gasteiger partial charge is 0.313 e. The highest BCUT2D eigenvalue weighted by Gasteiger charge is 2.28. The van der Waals surface area contributed by atoms with E-state index in [1.54, 1.807) is 13.0 Å². The minimum absolute atomic E-state index is 0.0611. The third-order valence-electron chi connectivity index (χ3n) is 3.41. The number of nitrogens with one attached hydrogen (secondary N) is 1. The minimum Gasteiger partial charge on any atom is -0.313 e. The second-order valence-electron chi connectivity index (χ2n) is 5.28. The molecule has 0 amide bonds. The molecule has 0 unspecified atom stereocenters. The van der Waals surface area contributed by atoms with E-state index in [4.69, 9.17) is 0 Å². The van der Waals surface area contributed by atoms with Gasteiger partial charge in [0.1, 0.15) is 5.82 Å². The highest BCUT2D eigenvalue weighted by atomic mass is 32.2. The smallest absolute Gasteiger partial charge is 0.243 e. The fraction of sp³-hybridized carbons (Fsp3) is 0.600. The first-order valence-corrected chi connectivity index (χ1v) is 8.71. The molecule has 0 atom stereocenters. The molecule has 0 fully saturated rings. The molecular weight excluding hydrogens is 291 g/mol. The van der Waals surface area contributed by atoms with Crippen molar-refractivity contribution in [2.45, 2.75) is 52.1 Å². The maximum Gasteiger partial charge on any atom is 0.243 e. The van der Waals surface area contributed by atoms with Crippen molar-refractivity contribution in [2.24, 2.45) is 0 Å². The van der Waals surface area contributed by atoms with E-state index in [1.165, 1.54) is 17.3 Å². The number of rotatable bonds is 7. The molecule has 0 heterocycles. The van der Waals surface area contributed by atoms with Gasteiger partial charge in [-0.3, -0.25) is 0 Å². The van der Waals surface area contributed by atoms with Crippen molar-refractivity contribution in [2.75, 3.05) is 13.1 Å². The standard InChI is InChI=1S/C15H25FN2O2S/c1-6-17-10-13-8-14(16)12(5)15(9-13)21(19,20)18(7-2)11(3)4/h8-9,11,17H,6-7,10H2,1-5H3. The number of benzene rings is 1. The van der Waals surface area contributed by atoms with Gasteiger partial charge in [0.05, 0.1) is 4.90 Å². The Labute approximate surface area is 127 Å². The molecule has 0 spiro atoms. The third kappa shape index (κ3) is 4.02. The van der Waals surface area contributed by atoms with E-state index in [1.807, 2.05) is 20.8 Å². The van der Waals surface area contributed by atoms with Gasteiger partial charge in [-0.25, -0.2) is 12.8 Å². The summed E-state index contributed by atoms with van der Waals surface area (Å²) < 4.78 is 40.9. The Morgan fingerprint density at radius 3 is 2.38 bits per heavy atom. The predicted molar refractivity (Wildman–Crippen MR) is 83.2 cm³/mol. The van der Waals surface area contributed by atoms with E-state index in [0.29, 0.717) is 18.7 Å². The first kappa shape index (κ1) is 18.1. The van der Waals surface area contributed by atoms with E-state index >= 15 is 0 Å². The van der Waals surface area contributed by atoms with Crippen LogP contribution < -0.4 is 5.32 Å². The zero-order valence-corrected chi connectivity index (χ0v) is 14.2. The highest BCUT2D eigenvalue weighted by Crippen LogP contribution is 2.25. The van der Waals surface area contributed by atoms with Gasteiger partial charge in [0.2, 0.25) is 10.0 Å². The van der Waals surface area contributed by atoms with Crippen LogP contribution in [0.4, 0.5) is 4.39 Å². The molecule has 0 radical (unpaired) electrons. The normalized spacial score (nSPS) is 12.4. The quantitative estimate of drug-likeness (QED) is 0.841. The van der Waals surface area contributed by atoms with E-state index in [-0.39, 0.29) is 16.5 Å². The molecule has 1 rings (SSSR count). The van der Waals surface area contributed by atoms with Crippen LogP contribution in [0.25, 0.3) is 0 Å². The van der Waals surface area contributed by atoms with Crippen molar-refractivity contribution in [1.29, 1.82) is 0 Å². The SMILES string of the molecule is CCNCc1cc(F)c(C)c(S(=O)(=O)N(CC)C(C)C)c1. The van der Waals surface area contributed by atoms with E-state index in [0.717, 1.165) is 6.54 Å². The fourth-order valence-corrected chi connectivity index (χ4v) is 4.22. The van der Waals surface area contributed by atoms with Gasteiger partial charge in [-0.2, -0.15) is 4.31 Å². The number of sulfonamides is 1. The van der Waals surface area contributed by atoms with Gasteiger partial charge < -0.3 is 5.32 Å². The van der Waals surface area contributed by atoms with E-state index < -0.39 is 15.8 Å². The topological polar surface area (TPSA) is 49.4 Å². The van der Waals surface area contributed by atoms with Gasteiger partial charge in [-0.05, 0) is 45.0 Å². The van der Waals surface area contributed by atoms with Crippen LogP contribution in [-0.4, -0.2) is 31.9 Å². The summed E-state index contributed by atoms with van der Waals surface area (Å²) in [5.41, 5.74) is 0.813. The van der Waals surface area contributed by atoms with Crippen molar-refractivity contribution < 1.29 is 12.8 Å². The molecule has 4 nitrogen and oxygen atoms in total. The average molecular weight is 316 g/mol. The Morgan fingerprint density at radius 1 is 1.29 bits per heavy atom. The third-order valence-corrected chi connectivity index (χ3v) is 5.69. The number of hydrogen-bond acceptors (Lipinski definition) is 3. The Morgan fingerprint density at radius 2 is 1.90 bits per heavy atom. The fourth-order valence-electron chi connectivity index (χ4n) is 2.29. The van der Waals surface area contributed by atoms with Crippen molar-refractivity contribution >= 4 is 10.0 Å². The number of nitrogens with zero attached hydrogens (tertiary/aromatic N) is 1. The summed E-state index contributed by atoms with van der Waals surface area (Å²) in [5.74, 6) is -0.483. The Balaban J connectivity index is 3.36. The van der Waals surface area contributed by atoms with Crippen molar-refractivity contribution in [1.82, 2.24) is 9.62 Å². The lowest BCUT2D eigenvalue weighted by atomic mass is 10.1. The second kappa shape index (κ2) is 7.33. The maximum absolute atomic E-state index is 14.1. The lowest BCUT2D eigenvalue weighted by Gasteiger charge is -2.25. The predicted octanol–water partition coefficient (Wildman–Crippen LogP) is 2.66. The Kier molecular flexibility index (Phi) is 6.31. The van der Waals surface area contributed by atoms with Crippen LogP contribution in [-0.2, 0) is 16.6 Å². The number of hydrogen-bond donors (Lipinski definition) is 1. The molecule has 0 aliphatic carbocycles. The van der Waals surface area contributed by atoms with Gasteiger partial charge >= 0.3 is 0 Å². The molecule has 0 aliphatic heterocycles. The van der Waals surface area contributed by atoms with Crippen LogP contribution in [0.15, 0.2) is 17.0 Å². The van der Waals surface area contributed by atoms with E-state index in [9.17, 15) is 12.8 Å². The molecule has 0 bridgehead atoms. The molecule has 0 aliphatic rings. The molecule has 0 aromatic heterocycles. The zero-order chi connectivity index (χ0) is 16.2. The summed E-state index contributed by atoms with van der Waals surface area (Å²) in [7, 11) is -3.69. The Hall–Kier alpha value is -0.980. The minimum atomic E-state index is -3.69. The molecule has 21 heavy (non-hydrogen) atoms. The van der Waals surface area contributed by atoms with E-state index in [2.05, 4.69) is 5.32 Å². The van der Waals surface area contributed by atoms with Crippen molar-refractivity contribution in [3.63, 3.8) is 0 Å². The van der Waals surface area contributed by atoms with Crippen LogP contribution in [0.2, 0.25) is 0 Å². The molecule has 1 N–H and O–H groups in total. The number of halogens is 1. The van der Waals surface area contributed by atoms with Crippen LogP contribution in [0, 0.1) is 12.7 Å². The van der Waals surface area contributed by atoms with Crippen molar-refractivity contribution in [3.05, 3.63) is 29.1 Å². The molecule has 6 heteroatoms. The van der Waals surface area contributed by atoms with Gasteiger partial charge in [-0.15, -0.1) is 0 Å². The lowest BCUT2D eigenvalue weighted by molar-refractivity contribution is 0.368. The van der Waals surface area contributed by atoms with Crippen LogP contribution >= 0.6 is 0 Å². The first-order chi connectivity index (χ1) is 9.75. The lowest BCUT2D eigenvalue weighted by Crippen LogP contribution is -2.37.